The second kappa shape index (κ2) is 7.05. The molecular formula is C12H20N2O4S2. The summed E-state index contributed by atoms with van der Waals surface area (Å²) in [4.78, 5) is 0. The number of nitrogens with one attached hydrogen (secondary N) is 2. The van der Waals surface area contributed by atoms with Crippen LogP contribution in [0.5, 0.6) is 0 Å². The third-order valence-electron chi connectivity index (χ3n) is 2.33. The van der Waals surface area contributed by atoms with Crippen molar-refractivity contribution in [2.45, 2.75) is 19.9 Å². The van der Waals surface area contributed by atoms with Crippen LogP contribution in [0, 0.1) is 0 Å². The molecule has 0 saturated carbocycles. The van der Waals surface area contributed by atoms with Crippen LogP contribution in [0.4, 0.5) is 5.69 Å². The van der Waals surface area contributed by atoms with E-state index >= 15 is 0 Å². The minimum absolute atomic E-state index is 0.365. The molecule has 0 fully saturated rings. The van der Waals surface area contributed by atoms with Crippen LogP contribution in [0.3, 0.4) is 0 Å². The molecule has 1 aromatic rings. The zero-order valence-corrected chi connectivity index (χ0v) is 13.2. The predicted octanol–water partition coefficient (Wildman–Crippen LogP) is 0.930. The summed E-state index contributed by atoms with van der Waals surface area (Å²) in [5.74, 6) is 0. The molecule has 8 heteroatoms. The fourth-order valence-corrected chi connectivity index (χ4v) is 4.62. The van der Waals surface area contributed by atoms with Crippen LogP contribution >= 0.6 is 0 Å². The van der Waals surface area contributed by atoms with Gasteiger partial charge in [0.15, 0.2) is 14.9 Å². The van der Waals surface area contributed by atoms with Gasteiger partial charge in [-0.1, -0.05) is 19.1 Å². The third kappa shape index (κ3) is 6.88. The van der Waals surface area contributed by atoms with E-state index in [4.69, 9.17) is 0 Å². The normalized spacial score (nSPS) is 12.3. The number of hydrogen-bond donors (Lipinski definition) is 2. The number of hydrogen-bond acceptors (Lipinski definition) is 5. The van der Waals surface area contributed by atoms with E-state index in [9.17, 15) is 16.8 Å². The molecule has 0 aliphatic carbocycles. The molecule has 0 saturated heterocycles. The lowest BCUT2D eigenvalue weighted by atomic mass is 10.2. The standard InChI is InChI=1S/C12H20N2O4S2/c1-3-7-13-9-11-5-4-6-12(8-11)14-20(17,18)10-19(2,15)16/h4-6,8,13-14H,3,7,9-10H2,1-2H3. The van der Waals surface area contributed by atoms with Crippen LogP contribution in [0.2, 0.25) is 0 Å². The van der Waals surface area contributed by atoms with Crippen molar-refractivity contribution in [3.8, 4) is 0 Å². The first-order chi connectivity index (χ1) is 9.22. The molecule has 1 rings (SSSR count). The van der Waals surface area contributed by atoms with Gasteiger partial charge in [0.05, 0.1) is 0 Å². The molecule has 0 aromatic heterocycles. The van der Waals surface area contributed by atoms with E-state index in [-0.39, 0.29) is 0 Å². The number of rotatable bonds is 8. The van der Waals surface area contributed by atoms with Gasteiger partial charge in [0.2, 0.25) is 10.0 Å². The van der Waals surface area contributed by atoms with Gasteiger partial charge in [-0.25, -0.2) is 16.8 Å². The molecule has 0 spiro atoms. The fraction of sp³-hybridized carbons (Fsp3) is 0.500. The van der Waals surface area contributed by atoms with Gasteiger partial charge in [-0.05, 0) is 30.7 Å². The smallest absolute Gasteiger partial charge is 0.247 e. The van der Waals surface area contributed by atoms with Crippen molar-refractivity contribution < 1.29 is 16.8 Å². The highest BCUT2D eigenvalue weighted by Crippen LogP contribution is 2.13. The molecule has 114 valence electrons. The quantitative estimate of drug-likeness (QED) is 0.695. The van der Waals surface area contributed by atoms with Gasteiger partial charge < -0.3 is 5.32 Å². The molecule has 0 aliphatic heterocycles. The first-order valence-corrected chi connectivity index (χ1v) is 9.91. The average molecular weight is 320 g/mol. The summed E-state index contributed by atoms with van der Waals surface area (Å²) < 4.78 is 47.7. The summed E-state index contributed by atoms with van der Waals surface area (Å²) >= 11 is 0. The number of sulfonamides is 1. The molecule has 0 aliphatic rings. The molecule has 0 bridgehead atoms. The van der Waals surface area contributed by atoms with Crippen LogP contribution in [0.1, 0.15) is 18.9 Å². The number of sulfone groups is 1. The second-order valence-electron chi connectivity index (χ2n) is 4.64. The lowest BCUT2D eigenvalue weighted by Crippen LogP contribution is -2.22. The molecule has 0 amide bonds. The highest BCUT2D eigenvalue weighted by atomic mass is 32.3. The maximum absolute atomic E-state index is 11.7. The first kappa shape index (κ1) is 16.9. The monoisotopic (exact) mass is 320 g/mol. The fourth-order valence-electron chi connectivity index (χ4n) is 1.65. The molecule has 20 heavy (non-hydrogen) atoms. The number of benzene rings is 1. The lowest BCUT2D eigenvalue weighted by Gasteiger charge is -2.09. The Balaban J connectivity index is 2.75. The molecule has 0 unspecified atom stereocenters. The van der Waals surface area contributed by atoms with Gasteiger partial charge in [-0.3, -0.25) is 4.72 Å². The summed E-state index contributed by atoms with van der Waals surface area (Å²) in [6.45, 7) is 3.57. The van der Waals surface area contributed by atoms with Crippen molar-refractivity contribution in [1.29, 1.82) is 0 Å². The Labute approximate surface area is 120 Å². The molecule has 6 nitrogen and oxygen atoms in total. The second-order valence-corrected chi connectivity index (χ2v) is 8.87. The highest BCUT2D eigenvalue weighted by molar-refractivity contribution is 8.08. The Kier molecular flexibility index (Phi) is 5.97. The van der Waals surface area contributed by atoms with Crippen molar-refractivity contribution in [3.05, 3.63) is 29.8 Å². The van der Waals surface area contributed by atoms with E-state index in [1.807, 2.05) is 6.07 Å². The van der Waals surface area contributed by atoms with Crippen LogP contribution in [-0.4, -0.2) is 34.7 Å². The maximum Gasteiger partial charge on any atom is 0.247 e. The van der Waals surface area contributed by atoms with Crippen molar-refractivity contribution in [3.63, 3.8) is 0 Å². The SMILES string of the molecule is CCCNCc1cccc(NS(=O)(=O)CS(C)(=O)=O)c1. The van der Waals surface area contributed by atoms with Crippen molar-refractivity contribution in [2.24, 2.45) is 0 Å². The Hall–Kier alpha value is -1.12. The molecule has 2 N–H and O–H groups in total. The largest absolute Gasteiger partial charge is 0.313 e. The summed E-state index contributed by atoms with van der Waals surface area (Å²) in [7, 11) is -7.49. The predicted molar refractivity (Wildman–Crippen MR) is 80.7 cm³/mol. The zero-order valence-electron chi connectivity index (χ0n) is 11.6. The molecule has 0 heterocycles. The van der Waals surface area contributed by atoms with E-state index in [1.54, 1.807) is 18.2 Å². The van der Waals surface area contributed by atoms with Gasteiger partial charge in [0.1, 0.15) is 0 Å². The Bertz CT molecular complexity index is 639. The van der Waals surface area contributed by atoms with Crippen LogP contribution < -0.4 is 10.0 Å². The minimum atomic E-state index is -3.89. The topological polar surface area (TPSA) is 92.3 Å². The molecule has 0 radical (unpaired) electrons. The molecular weight excluding hydrogens is 300 g/mol. The van der Waals surface area contributed by atoms with Crippen LogP contribution in [0.25, 0.3) is 0 Å². The van der Waals surface area contributed by atoms with Crippen molar-refractivity contribution in [1.82, 2.24) is 5.32 Å². The molecule has 0 atom stereocenters. The van der Waals surface area contributed by atoms with Crippen LogP contribution in [-0.2, 0) is 26.4 Å². The summed E-state index contributed by atoms with van der Waals surface area (Å²) in [5.41, 5.74) is 1.29. The van der Waals surface area contributed by atoms with Gasteiger partial charge in [0.25, 0.3) is 0 Å². The van der Waals surface area contributed by atoms with E-state index in [1.165, 1.54) is 0 Å². The van der Waals surface area contributed by atoms with Gasteiger partial charge in [0, 0.05) is 18.5 Å². The van der Waals surface area contributed by atoms with Gasteiger partial charge in [-0.2, -0.15) is 0 Å². The van der Waals surface area contributed by atoms with Gasteiger partial charge in [-0.15, -0.1) is 0 Å². The summed E-state index contributed by atoms with van der Waals surface area (Å²) in [5, 5.41) is 2.29. The first-order valence-electron chi connectivity index (χ1n) is 6.20. The van der Waals surface area contributed by atoms with Gasteiger partial charge >= 0.3 is 0 Å². The van der Waals surface area contributed by atoms with Crippen molar-refractivity contribution in [2.75, 3.05) is 22.6 Å². The zero-order chi connectivity index (χ0) is 15.2. The summed E-state index contributed by atoms with van der Waals surface area (Å²) in [6, 6.07) is 6.86. The minimum Gasteiger partial charge on any atom is -0.313 e. The Morgan fingerprint density at radius 1 is 1.15 bits per heavy atom. The van der Waals surface area contributed by atoms with E-state index in [2.05, 4.69) is 17.0 Å². The molecule has 1 aromatic carbocycles. The lowest BCUT2D eigenvalue weighted by molar-refractivity contribution is 0.595. The van der Waals surface area contributed by atoms with E-state index < -0.39 is 24.9 Å². The third-order valence-corrected chi connectivity index (χ3v) is 5.83. The summed E-state index contributed by atoms with van der Waals surface area (Å²) in [6.07, 6.45) is 1.90. The van der Waals surface area contributed by atoms with E-state index in [0.717, 1.165) is 24.8 Å². The Morgan fingerprint density at radius 3 is 2.45 bits per heavy atom. The highest BCUT2D eigenvalue weighted by Gasteiger charge is 2.18. The number of anilines is 1. The van der Waals surface area contributed by atoms with Crippen molar-refractivity contribution >= 4 is 25.5 Å². The average Bonchev–Trinajstić information content (AvgIpc) is 2.25. The maximum atomic E-state index is 11.7. The van der Waals surface area contributed by atoms with E-state index in [0.29, 0.717) is 12.2 Å². The Morgan fingerprint density at radius 2 is 1.85 bits per heavy atom. The van der Waals surface area contributed by atoms with Crippen LogP contribution in [0.15, 0.2) is 24.3 Å².